The lowest BCUT2D eigenvalue weighted by molar-refractivity contribution is -0.142. The van der Waals surface area contributed by atoms with Gasteiger partial charge in [0.1, 0.15) is 16.2 Å². The van der Waals surface area contributed by atoms with Gasteiger partial charge in [-0.05, 0) is 18.2 Å². The van der Waals surface area contributed by atoms with Crippen molar-refractivity contribution in [2.24, 2.45) is 0 Å². The second-order valence-electron chi connectivity index (χ2n) is 6.34. The molecular weight excluding hydrogens is 439 g/mol. The standard InChI is InChI=1S/C19H9ClF3N5OS/c20-11-4-2-1-3-9(11)13-7-12-15(30-13)18(29)27-16(26-12)10-8-25-28-14(19(21,22)23)5-6-24-17(10)28/h1-8H,(H,26,27,29). The van der Waals surface area contributed by atoms with Crippen LogP contribution in [0.1, 0.15) is 5.69 Å². The highest BCUT2D eigenvalue weighted by Gasteiger charge is 2.34. The summed E-state index contributed by atoms with van der Waals surface area (Å²) in [5.74, 6) is 0.0813. The number of hydrogen-bond donors (Lipinski definition) is 1. The van der Waals surface area contributed by atoms with E-state index in [1.54, 1.807) is 18.2 Å². The molecule has 0 saturated heterocycles. The lowest BCUT2D eigenvalue weighted by atomic mass is 10.2. The van der Waals surface area contributed by atoms with Crippen LogP contribution in [0.3, 0.4) is 0 Å². The van der Waals surface area contributed by atoms with Gasteiger partial charge in [-0.3, -0.25) is 4.79 Å². The van der Waals surface area contributed by atoms with Gasteiger partial charge in [0, 0.05) is 21.7 Å². The van der Waals surface area contributed by atoms with Crippen LogP contribution >= 0.6 is 22.9 Å². The fraction of sp³-hybridized carbons (Fsp3) is 0.0526. The number of hydrogen-bond acceptors (Lipinski definition) is 5. The summed E-state index contributed by atoms with van der Waals surface area (Å²) < 4.78 is 40.7. The van der Waals surface area contributed by atoms with Crippen molar-refractivity contribution < 1.29 is 13.2 Å². The van der Waals surface area contributed by atoms with E-state index < -0.39 is 17.4 Å². The summed E-state index contributed by atoms with van der Waals surface area (Å²) in [6.45, 7) is 0. The van der Waals surface area contributed by atoms with Crippen molar-refractivity contribution in [3.63, 3.8) is 0 Å². The van der Waals surface area contributed by atoms with Crippen LogP contribution in [0.5, 0.6) is 0 Å². The normalized spacial score (nSPS) is 12.1. The van der Waals surface area contributed by atoms with Gasteiger partial charge in [0.15, 0.2) is 5.65 Å². The van der Waals surface area contributed by atoms with Gasteiger partial charge >= 0.3 is 6.18 Å². The van der Waals surface area contributed by atoms with Gasteiger partial charge < -0.3 is 4.98 Å². The van der Waals surface area contributed by atoms with Gasteiger partial charge in [0.25, 0.3) is 5.56 Å². The van der Waals surface area contributed by atoms with Crippen LogP contribution in [0.25, 0.3) is 37.7 Å². The zero-order valence-electron chi connectivity index (χ0n) is 14.7. The maximum atomic E-state index is 13.2. The van der Waals surface area contributed by atoms with E-state index in [1.807, 2.05) is 12.1 Å². The van der Waals surface area contributed by atoms with E-state index in [0.717, 1.165) is 22.7 Å². The van der Waals surface area contributed by atoms with Crippen LogP contribution in [0, 0.1) is 0 Å². The van der Waals surface area contributed by atoms with E-state index in [1.165, 1.54) is 17.5 Å². The van der Waals surface area contributed by atoms with Gasteiger partial charge in [-0.1, -0.05) is 29.8 Å². The lowest BCUT2D eigenvalue weighted by Gasteiger charge is -2.07. The van der Waals surface area contributed by atoms with Crippen molar-refractivity contribution in [2.45, 2.75) is 6.18 Å². The van der Waals surface area contributed by atoms with Crippen LogP contribution in [0.2, 0.25) is 5.02 Å². The van der Waals surface area contributed by atoms with Crippen molar-refractivity contribution in [1.29, 1.82) is 0 Å². The highest BCUT2D eigenvalue weighted by Crippen LogP contribution is 2.36. The molecule has 0 fully saturated rings. The molecule has 0 atom stereocenters. The molecule has 4 aromatic heterocycles. The minimum Gasteiger partial charge on any atom is -0.305 e. The third-order valence-electron chi connectivity index (χ3n) is 4.47. The second kappa shape index (κ2) is 6.64. The molecule has 0 unspecified atom stereocenters. The number of nitrogens with zero attached hydrogens (tertiary/aromatic N) is 4. The average molecular weight is 448 g/mol. The molecule has 0 saturated carbocycles. The first-order chi connectivity index (χ1) is 14.3. The third kappa shape index (κ3) is 2.96. The summed E-state index contributed by atoms with van der Waals surface area (Å²) in [7, 11) is 0. The third-order valence-corrected chi connectivity index (χ3v) is 5.95. The number of halogens is 4. The lowest BCUT2D eigenvalue weighted by Crippen LogP contribution is -2.13. The smallest absolute Gasteiger partial charge is 0.305 e. The summed E-state index contributed by atoms with van der Waals surface area (Å²) in [5, 5.41) is 4.33. The maximum Gasteiger partial charge on any atom is 0.433 e. The largest absolute Gasteiger partial charge is 0.433 e. The molecule has 4 heterocycles. The number of fused-ring (bicyclic) bond motifs is 2. The molecule has 0 bridgehead atoms. The summed E-state index contributed by atoms with van der Waals surface area (Å²) in [5.41, 5.74) is -0.0987. The number of aromatic nitrogens is 5. The molecule has 150 valence electrons. The molecule has 1 aromatic carbocycles. The first kappa shape index (κ1) is 18.8. The summed E-state index contributed by atoms with van der Waals surface area (Å²) in [6.07, 6.45) is -2.37. The SMILES string of the molecule is O=c1[nH]c(-c2cnn3c(C(F)(F)F)ccnc23)nc2cc(-c3ccccc3Cl)sc12. The fourth-order valence-corrected chi connectivity index (χ4v) is 4.46. The average Bonchev–Trinajstić information content (AvgIpc) is 3.31. The molecule has 0 radical (unpaired) electrons. The van der Waals surface area contributed by atoms with E-state index >= 15 is 0 Å². The molecule has 11 heteroatoms. The molecular formula is C19H9ClF3N5OS. The molecule has 0 spiro atoms. The van der Waals surface area contributed by atoms with Crippen molar-refractivity contribution >= 4 is 38.8 Å². The number of aromatic amines is 1. The Bertz CT molecular complexity index is 1490. The van der Waals surface area contributed by atoms with Crippen LogP contribution in [0.4, 0.5) is 13.2 Å². The molecule has 6 nitrogen and oxygen atoms in total. The molecule has 5 rings (SSSR count). The second-order valence-corrected chi connectivity index (χ2v) is 7.80. The van der Waals surface area contributed by atoms with E-state index in [2.05, 4.69) is 20.1 Å². The number of H-pyrrole nitrogens is 1. The van der Waals surface area contributed by atoms with E-state index in [4.69, 9.17) is 11.6 Å². The summed E-state index contributed by atoms with van der Waals surface area (Å²) in [6, 6.07) is 9.76. The summed E-state index contributed by atoms with van der Waals surface area (Å²) in [4.78, 5) is 24.4. The zero-order chi connectivity index (χ0) is 21.0. The van der Waals surface area contributed by atoms with E-state index in [-0.39, 0.29) is 17.0 Å². The Hall–Kier alpha value is -3.24. The van der Waals surface area contributed by atoms with Gasteiger partial charge in [0.05, 0.1) is 17.3 Å². The number of alkyl halides is 3. The van der Waals surface area contributed by atoms with Crippen molar-refractivity contribution in [3.8, 4) is 21.8 Å². The topological polar surface area (TPSA) is 75.9 Å². The van der Waals surface area contributed by atoms with E-state index in [9.17, 15) is 18.0 Å². The Morgan fingerprint density at radius 1 is 1.13 bits per heavy atom. The van der Waals surface area contributed by atoms with Crippen LogP contribution < -0.4 is 5.56 Å². The molecule has 0 aliphatic carbocycles. The predicted octanol–water partition coefficient (Wildman–Crippen LogP) is 5.03. The van der Waals surface area contributed by atoms with Gasteiger partial charge in [-0.15, -0.1) is 11.3 Å². The summed E-state index contributed by atoms with van der Waals surface area (Å²) >= 11 is 7.48. The van der Waals surface area contributed by atoms with Crippen LogP contribution in [0.15, 0.2) is 53.6 Å². The zero-order valence-corrected chi connectivity index (χ0v) is 16.3. The van der Waals surface area contributed by atoms with Crippen molar-refractivity contribution in [2.75, 3.05) is 0 Å². The molecule has 1 N–H and O–H groups in total. The van der Waals surface area contributed by atoms with Crippen molar-refractivity contribution in [3.05, 3.63) is 69.9 Å². The first-order valence-electron chi connectivity index (χ1n) is 8.52. The van der Waals surface area contributed by atoms with Crippen LogP contribution in [-0.4, -0.2) is 24.6 Å². The number of benzene rings is 1. The van der Waals surface area contributed by atoms with Gasteiger partial charge in [-0.25, -0.2) is 14.5 Å². The first-order valence-corrected chi connectivity index (χ1v) is 9.71. The van der Waals surface area contributed by atoms with E-state index in [0.29, 0.717) is 19.8 Å². The monoisotopic (exact) mass is 447 g/mol. The maximum absolute atomic E-state index is 13.2. The minimum absolute atomic E-state index is 0.0612. The fourth-order valence-electron chi connectivity index (χ4n) is 3.13. The quantitative estimate of drug-likeness (QED) is 0.411. The Morgan fingerprint density at radius 3 is 2.70 bits per heavy atom. The molecule has 0 amide bonds. The van der Waals surface area contributed by atoms with Crippen molar-refractivity contribution in [1.82, 2.24) is 24.6 Å². The molecule has 0 aliphatic rings. The molecule has 30 heavy (non-hydrogen) atoms. The predicted molar refractivity (Wildman–Crippen MR) is 108 cm³/mol. The minimum atomic E-state index is -4.60. The Kier molecular flexibility index (Phi) is 4.16. The Labute approximate surface area is 174 Å². The Balaban J connectivity index is 1.70. The number of thiophene rings is 1. The Morgan fingerprint density at radius 2 is 1.93 bits per heavy atom. The highest BCUT2D eigenvalue weighted by molar-refractivity contribution is 7.22. The van der Waals surface area contributed by atoms with Gasteiger partial charge in [-0.2, -0.15) is 18.3 Å². The molecule has 5 aromatic rings. The van der Waals surface area contributed by atoms with Crippen LogP contribution in [-0.2, 0) is 6.18 Å². The highest BCUT2D eigenvalue weighted by atomic mass is 35.5. The van der Waals surface area contributed by atoms with Gasteiger partial charge in [0.2, 0.25) is 0 Å². The number of rotatable bonds is 2. The number of nitrogens with one attached hydrogen (secondary N) is 1. The molecule has 0 aliphatic heterocycles.